The minimum atomic E-state index is -5.35. The smallest absolute Gasteiger partial charge is 0.394 e. The van der Waals surface area contributed by atoms with Crippen LogP contribution in [0.3, 0.4) is 0 Å². The number of aliphatic hydroxyl groups is 4. The van der Waals surface area contributed by atoms with E-state index >= 15 is 0 Å². The van der Waals surface area contributed by atoms with Gasteiger partial charge in [0.25, 0.3) is 5.52 Å². The number of hydrogen-bond donors (Lipinski definition) is 7. The van der Waals surface area contributed by atoms with Gasteiger partial charge in [0.05, 0.1) is 0 Å². The van der Waals surface area contributed by atoms with Crippen LogP contribution >= 0.6 is 7.60 Å². The van der Waals surface area contributed by atoms with E-state index in [1.54, 1.807) is 0 Å². The summed E-state index contributed by atoms with van der Waals surface area (Å²) in [7, 11) is -5.35. The molecule has 0 aliphatic heterocycles. The zero-order valence-corrected chi connectivity index (χ0v) is 9.01. The average Bonchev–Trinajstić information content (AvgIpc) is 2.22. The highest BCUT2D eigenvalue weighted by Gasteiger charge is 2.42. The molecule has 7 N–H and O–H groups in total. The summed E-state index contributed by atoms with van der Waals surface area (Å²) < 4.78 is 10.4. The van der Waals surface area contributed by atoms with E-state index in [1.165, 1.54) is 0 Å². The maximum atomic E-state index is 10.8. The van der Waals surface area contributed by atoms with E-state index in [0.29, 0.717) is 0 Å². The highest BCUT2D eigenvalue weighted by Crippen LogP contribution is 2.37. The summed E-state index contributed by atoms with van der Waals surface area (Å²) in [5, 5.41) is 44.0. The number of carboxylic acids is 1. The first kappa shape index (κ1) is 16.1. The number of aliphatic hydroxyl groups excluding tert-OH is 4. The third-order valence-electron chi connectivity index (χ3n) is 1.79. The monoisotopic (exact) mass is 274 g/mol. The minimum Gasteiger partial charge on any atom is -0.479 e. The van der Waals surface area contributed by atoms with Crippen LogP contribution in [-0.4, -0.2) is 71.2 Å². The maximum absolute atomic E-state index is 10.8. The molecule has 11 heteroatoms. The van der Waals surface area contributed by atoms with Crippen LogP contribution in [-0.2, 0) is 14.2 Å². The van der Waals surface area contributed by atoms with Crippen LogP contribution in [0.5, 0.6) is 0 Å². The van der Waals surface area contributed by atoms with Crippen molar-refractivity contribution in [3.05, 3.63) is 0 Å². The Balaban J connectivity index is 4.83. The Hall–Kier alpha value is -0.870. The number of carbonyl (C=O) groups is 2. The van der Waals surface area contributed by atoms with Crippen molar-refractivity contribution >= 4 is 19.1 Å². The van der Waals surface area contributed by atoms with Gasteiger partial charge in [0.2, 0.25) is 0 Å². The lowest BCUT2D eigenvalue weighted by atomic mass is 10.0. The van der Waals surface area contributed by atoms with Crippen molar-refractivity contribution in [1.29, 1.82) is 0 Å². The van der Waals surface area contributed by atoms with Crippen molar-refractivity contribution in [1.82, 2.24) is 0 Å². The van der Waals surface area contributed by atoms with E-state index in [2.05, 4.69) is 0 Å². The molecule has 0 aliphatic carbocycles. The molecule has 10 nitrogen and oxygen atoms in total. The summed E-state index contributed by atoms with van der Waals surface area (Å²) in [5.74, 6) is -1.95. The molecule has 0 aromatic carbocycles. The van der Waals surface area contributed by atoms with Crippen molar-refractivity contribution in [3.8, 4) is 0 Å². The molecule has 0 rings (SSSR count). The number of carbonyl (C=O) groups excluding carboxylic acids is 1. The normalized spacial score (nSPS) is 19.2. The van der Waals surface area contributed by atoms with Gasteiger partial charge in [-0.15, -0.1) is 0 Å². The van der Waals surface area contributed by atoms with Crippen molar-refractivity contribution in [3.63, 3.8) is 0 Å². The fourth-order valence-electron chi connectivity index (χ4n) is 0.838. The lowest BCUT2D eigenvalue weighted by molar-refractivity contribution is -0.164. The Morgan fingerprint density at radius 2 is 1.24 bits per heavy atom. The molecule has 17 heavy (non-hydrogen) atoms. The summed E-state index contributed by atoms with van der Waals surface area (Å²) in [6.45, 7) is 0. The number of rotatable bonds is 6. The van der Waals surface area contributed by atoms with Gasteiger partial charge >= 0.3 is 13.6 Å². The largest absolute Gasteiger partial charge is 0.479 e. The molecular weight excluding hydrogens is 263 g/mol. The van der Waals surface area contributed by atoms with E-state index in [1.807, 2.05) is 0 Å². The molecule has 0 aromatic rings. The zero-order chi connectivity index (χ0) is 14.0. The molecule has 4 atom stereocenters. The first-order valence-electron chi connectivity index (χ1n) is 4.05. The van der Waals surface area contributed by atoms with E-state index in [-0.39, 0.29) is 0 Å². The van der Waals surface area contributed by atoms with Crippen LogP contribution in [0.25, 0.3) is 0 Å². The van der Waals surface area contributed by atoms with Gasteiger partial charge in [-0.05, 0) is 0 Å². The molecule has 0 fully saturated rings. The van der Waals surface area contributed by atoms with Crippen LogP contribution < -0.4 is 0 Å². The lowest BCUT2D eigenvalue weighted by Crippen LogP contribution is -2.49. The van der Waals surface area contributed by atoms with Gasteiger partial charge in [0, 0.05) is 0 Å². The fourth-order valence-corrected chi connectivity index (χ4v) is 1.34. The standard InChI is InChI=1S/C6H11O10P/c7-1(3(9)5(11)12)2(8)4(10)6(13)17(14,15)16/h1-4,7-10H,(H,11,12)(H2,14,15,16)/t1-,2+,3+,4-/m1/s1. The predicted octanol–water partition coefficient (Wildman–Crippen LogP) is -3.78. The van der Waals surface area contributed by atoms with Crippen LogP contribution in [0.2, 0.25) is 0 Å². The molecule has 0 saturated carbocycles. The molecule has 100 valence electrons. The molecule has 0 bridgehead atoms. The fraction of sp³-hybridized carbons (Fsp3) is 0.667. The summed E-state index contributed by atoms with van der Waals surface area (Å²) >= 11 is 0. The molecule has 0 unspecified atom stereocenters. The highest BCUT2D eigenvalue weighted by atomic mass is 31.2. The molecule has 0 spiro atoms. The van der Waals surface area contributed by atoms with Crippen LogP contribution in [0.15, 0.2) is 0 Å². The third kappa shape index (κ3) is 4.13. The second-order valence-electron chi connectivity index (χ2n) is 3.09. The second-order valence-corrected chi connectivity index (χ2v) is 4.62. The third-order valence-corrected chi connectivity index (χ3v) is 2.63. The topological polar surface area (TPSA) is 193 Å². The number of hydrogen-bond acceptors (Lipinski definition) is 7. The van der Waals surface area contributed by atoms with Crippen molar-refractivity contribution < 1.29 is 49.5 Å². The van der Waals surface area contributed by atoms with Crippen LogP contribution in [0, 0.1) is 0 Å². The summed E-state index contributed by atoms with van der Waals surface area (Å²) in [6.07, 6.45) is -10.3. The van der Waals surface area contributed by atoms with Gasteiger partial charge in [-0.2, -0.15) is 0 Å². The second kappa shape index (κ2) is 5.65. The zero-order valence-electron chi connectivity index (χ0n) is 8.11. The quantitative estimate of drug-likeness (QED) is 0.236. The molecule has 0 heterocycles. The SMILES string of the molecule is O=C(O)[C@@H](O)[C@H](O)[C@H](O)[C@@H](O)C(=O)P(=O)(O)O. The van der Waals surface area contributed by atoms with Crippen LogP contribution in [0.1, 0.15) is 0 Å². The van der Waals surface area contributed by atoms with Crippen molar-refractivity contribution in [2.45, 2.75) is 24.4 Å². The van der Waals surface area contributed by atoms with E-state index in [0.717, 1.165) is 0 Å². The molecule has 0 amide bonds. The van der Waals surface area contributed by atoms with Gasteiger partial charge in [-0.25, -0.2) is 4.79 Å². The Labute approximate surface area is 93.9 Å². The summed E-state index contributed by atoms with van der Waals surface area (Å²) in [6, 6.07) is 0. The van der Waals surface area contributed by atoms with E-state index in [9.17, 15) is 14.2 Å². The van der Waals surface area contributed by atoms with Gasteiger partial charge in [-0.1, -0.05) is 0 Å². The Morgan fingerprint density at radius 3 is 1.53 bits per heavy atom. The molecule has 0 aliphatic rings. The van der Waals surface area contributed by atoms with Crippen molar-refractivity contribution in [2.75, 3.05) is 0 Å². The molecular formula is C6H11O10P. The molecule has 0 radical (unpaired) electrons. The van der Waals surface area contributed by atoms with Gasteiger partial charge in [0.15, 0.2) is 12.2 Å². The Bertz CT molecular complexity index is 347. The highest BCUT2D eigenvalue weighted by molar-refractivity contribution is 7.70. The lowest BCUT2D eigenvalue weighted by Gasteiger charge is -2.23. The van der Waals surface area contributed by atoms with Gasteiger partial charge < -0.3 is 35.3 Å². The van der Waals surface area contributed by atoms with E-state index < -0.39 is 43.5 Å². The Kier molecular flexibility index (Phi) is 5.36. The predicted molar refractivity (Wildman–Crippen MR) is 48.7 cm³/mol. The molecule has 0 saturated heterocycles. The van der Waals surface area contributed by atoms with Crippen LogP contribution in [0.4, 0.5) is 0 Å². The minimum absolute atomic E-state index is 1.95. The summed E-state index contributed by atoms with van der Waals surface area (Å²) in [4.78, 5) is 37.7. The maximum Gasteiger partial charge on any atom is 0.394 e. The number of carboxylic acid groups (broad SMARTS) is 1. The molecule has 0 aromatic heterocycles. The summed E-state index contributed by atoms with van der Waals surface area (Å²) in [5.41, 5.74) is -2.10. The first-order chi connectivity index (χ1) is 7.50. The first-order valence-corrected chi connectivity index (χ1v) is 5.66. The van der Waals surface area contributed by atoms with Crippen molar-refractivity contribution in [2.24, 2.45) is 0 Å². The van der Waals surface area contributed by atoms with Gasteiger partial charge in [0.1, 0.15) is 12.2 Å². The van der Waals surface area contributed by atoms with E-state index in [4.69, 9.17) is 35.3 Å². The number of aliphatic carboxylic acids is 1. The van der Waals surface area contributed by atoms with Gasteiger partial charge in [-0.3, -0.25) is 9.36 Å². The average molecular weight is 274 g/mol. The Morgan fingerprint density at radius 1 is 0.882 bits per heavy atom.